The number of amides is 1. The molecule has 0 bridgehead atoms. The number of carbonyl (C=O) groups excluding carboxylic acids is 1. The number of hydrogen-bond acceptors (Lipinski definition) is 5. The van der Waals surface area contributed by atoms with E-state index >= 15 is 0 Å². The Bertz CT molecular complexity index is 225. The van der Waals surface area contributed by atoms with Gasteiger partial charge in [0.15, 0.2) is 0 Å². The van der Waals surface area contributed by atoms with Crippen LogP contribution in [-0.4, -0.2) is 70.7 Å². The Hall–Kier alpha value is -0.690. The zero-order chi connectivity index (χ0) is 17.1. The average molecular weight is 318 g/mol. The molecule has 0 atom stereocenters. The molecule has 0 heterocycles. The summed E-state index contributed by atoms with van der Waals surface area (Å²) in [5.74, 6) is 0.125. The molecular weight excluding hydrogens is 278 g/mol. The van der Waals surface area contributed by atoms with Gasteiger partial charge in [0.1, 0.15) is 0 Å². The van der Waals surface area contributed by atoms with Crippen LogP contribution in [0.15, 0.2) is 0 Å². The minimum atomic E-state index is 0.125. The number of nitrogens with two attached hydrogens (primary N) is 1. The summed E-state index contributed by atoms with van der Waals surface area (Å²) < 4.78 is 0. The topological polar surface area (TPSA) is 82.4 Å². The van der Waals surface area contributed by atoms with Crippen molar-refractivity contribution in [2.45, 2.75) is 39.5 Å². The first-order valence-electron chi connectivity index (χ1n) is 8.71. The van der Waals surface area contributed by atoms with Crippen LogP contribution in [0, 0.1) is 0 Å². The van der Waals surface area contributed by atoms with Crippen LogP contribution >= 0.6 is 0 Å². The molecule has 0 aliphatic rings. The minimum absolute atomic E-state index is 0.125. The van der Waals surface area contributed by atoms with E-state index in [1.54, 1.807) is 19.0 Å². The van der Waals surface area contributed by atoms with E-state index in [4.69, 9.17) is 5.73 Å². The summed E-state index contributed by atoms with van der Waals surface area (Å²) in [5.41, 5.74) is 5.41. The van der Waals surface area contributed by atoms with Crippen LogP contribution in [0.5, 0.6) is 0 Å². The van der Waals surface area contributed by atoms with Gasteiger partial charge in [-0.2, -0.15) is 0 Å². The van der Waals surface area contributed by atoms with Crippen LogP contribution in [0.3, 0.4) is 0 Å². The highest BCUT2D eigenvalue weighted by molar-refractivity contribution is 5.77. The third-order valence-corrected chi connectivity index (χ3v) is 3.00. The largest absolute Gasteiger partial charge is 0.348 e. The summed E-state index contributed by atoms with van der Waals surface area (Å²) in [4.78, 5) is 12.9. The van der Waals surface area contributed by atoms with E-state index in [9.17, 15) is 4.79 Å². The summed E-state index contributed by atoms with van der Waals surface area (Å²) in [6.07, 6.45) is 4.51. The third kappa shape index (κ3) is 19.3. The summed E-state index contributed by atoms with van der Waals surface area (Å²) >= 11 is 0. The van der Waals surface area contributed by atoms with Crippen molar-refractivity contribution < 1.29 is 4.79 Å². The Labute approximate surface area is 137 Å². The van der Waals surface area contributed by atoms with E-state index in [2.05, 4.69) is 16.0 Å². The monoisotopic (exact) mass is 317 g/mol. The van der Waals surface area contributed by atoms with E-state index in [1.807, 2.05) is 13.8 Å². The molecule has 0 fully saturated rings. The van der Waals surface area contributed by atoms with E-state index in [1.165, 1.54) is 12.8 Å². The van der Waals surface area contributed by atoms with Crippen molar-refractivity contribution in [1.82, 2.24) is 20.9 Å². The van der Waals surface area contributed by atoms with Gasteiger partial charge in [-0.15, -0.1) is 0 Å². The smallest absolute Gasteiger partial charge is 0.236 e. The molecule has 22 heavy (non-hydrogen) atoms. The molecule has 6 nitrogen and oxygen atoms in total. The van der Waals surface area contributed by atoms with Gasteiger partial charge in [0.05, 0.1) is 6.54 Å². The molecule has 0 spiro atoms. The highest BCUT2D eigenvalue weighted by Crippen LogP contribution is 1.85. The maximum Gasteiger partial charge on any atom is 0.236 e. The van der Waals surface area contributed by atoms with Gasteiger partial charge < -0.3 is 26.6 Å². The molecule has 1 amide bonds. The fourth-order valence-corrected chi connectivity index (χ4v) is 1.67. The molecule has 0 radical (unpaired) electrons. The minimum Gasteiger partial charge on any atom is -0.348 e. The summed E-state index contributed by atoms with van der Waals surface area (Å²) in [6, 6.07) is 0. The van der Waals surface area contributed by atoms with Crippen LogP contribution in [0.2, 0.25) is 0 Å². The van der Waals surface area contributed by atoms with E-state index < -0.39 is 0 Å². The number of nitrogens with one attached hydrogen (secondary N) is 3. The first-order valence-corrected chi connectivity index (χ1v) is 8.71. The van der Waals surface area contributed by atoms with Crippen LogP contribution in [0.25, 0.3) is 0 Å². The fraction of sp³-hybridized carbons (Fsp3) is 0.938. The normalized spacial score (nSPS) is 10.0. The molecule has 0 rings (SSSR count). The standard InChI is InChI=1S/C14H33N5O.C2H6/c1-19(2)14(20)13-18-12-6-11-17-9-4-3-8-16-10-5-7-15;1-2/h16-18H,3-13,15H2,1-2H3;1-2H3. The lowest BCUT2D eigenvalue weighted by molar-refractivity contribution is -0.127. The molecule has 0 saturated carbocycles. The Morgan fingerprint density at radius 1 is 0.818 bits per heavy atom. The maximum atomic E-state index is 11.3. The SMILES string of the molecule is CC.CN(C)C(=O)CNCCCNCCCCNCCCN. The maximum absolute atomic E-state index is 11.3. The van der Waals surface area contributed by atoms with Crippen LogP contribution in [0.1, 0.15) is 39.5 Å². The van der Waals surface area contributed by atoms with Gasteiger partial charge in [-0.25, -0.2) is 0 Å². The zero-order valence-corrected chi connectivity index (χ0v) is 15.2. The zero-order valence-electron chi connectivity index (χ0n) is 15.2. The number of hydrogen-bond donors (Lipinski definition) is 4. The van der Waals surface area contributed by atoms with Gasteiger partial charge in [-0.3, -0.25) is 4.79 Å². The average Bonchev–Trinajstić information content (AvgIpc) is 2.53. The van der Waals surface area contributed by atoms with Crippen LogP contribution in [0.4, 0.5) is 0 Å². The molecule has 0 aliphatic heterocycles. The Morgan fingerprint density at radius 3 is 1.77 bits per heavy atom. The highest BCUT2D eigenvalue weighted by Gasteiger charge is 2.01. The first-order chi connectivity index (χ1) is 10.7. The van der Waals surface area contributed by atoms with Gasteiger partial charge >= 0.3 is 0 Å². The van der Waals surface area contributed by atoms with Gasteiger partial charge in [0, 0.05) is 14.1 Å². The molecule has 0 aromatic carbocycles. The number of likely N-dealkylation sites (N-methyl/N-ethyl adjacent to an activating group) is 1. The van der Waals surface area contributed by atoms with E-state index in [0.29, 0.717) is 6.54 Å². The summed E-state index contributed by atoms with van der Waals surface area (Å²) in [6.45, 7) is 10.3. The molecule has 0 unspecified atom stereocenters. The van der Waals surface area contributed by atoms with Crippen LogP contribution < -0.4 is 21.7 Å². The molecule has 6 heteroatoms. The van der Waals surface area contributed by atoms with Gasteiger partial charge in [0.25, 0.3) is 0 Å². The number of rotatable bonds is 14. The van der Waals surface area contributed by atoms with Gasteiger partial charge in [-0.1, -0.05) is 13.8 Å². The number of nitrogens with zero attached hydrogens (tertiary/aromatic N) is 1. The molecule has 0 saturated heterocycles. The molecule has 0 aromatic rings. The predicted octanol–water partition coefficient (Wildman–Crippen LogP) is 0.389. The Balaban J connectivity index is 0. The second-order valence-electron chi connectivity index (χ2n) is 5.17. The predicted molar refractivity (Wildman–Crippen MR) is 96.2 cm³/mol. The quantitative estimate of drug-likeness (QED) is 0.348. The van der Waals surface area contributed by atoms with Crippen LogP contribution in [-0.2, 0) is 4.79 Å². The van der Waals surface area contributed by atoms with Crippen molar-refractivity contribution in [3.63, 3.8) is 0 Å². The van der Waals surface area contributed by atoms with Gasteiger partial charge in [0.2, 0.25) is 5.91 Å². The summed E-state index contributed by atoms with van der Waals surface area (Å²) in [5, 5.41) is 9.93. The number of unbranched alkanes of at least 4 members (excludes halogenated alkanes) is 1. The lowest BCUT2D eigenvalue weighted by atomic mass is 10.3. The lowest BCUT2D eigenvalue weighted by Crippen LogP contribution is -2.34. The van der Waals surface area contributed by atoms with Crippen molar-refractivity contribution in [1.29, 1.82) is 0 Å². The van der Waals surface area contributed by atoms with Crippen molar-refractivity contribution in [2.24, 2.45) is 5.73 Å². The number of carbonyl (C=O) groups is 1. The summed E-state index contributed by atoms with van der Waals surface area (Å²) in [7, 11) is 3.55. The Morgan fingerprint density at radius 2 is 1.27 bits per heavy atom. The Kier molecular flexibility index (Phi) is 21.8. The molecule has 134 valence electrons. The second kappa shape index (κ2) is 20.3. The lowest BCUT2D eigenvalue weighted by Gasteiger charge is -2.11. The van der Waals surface area contributed by atoms with E-state index in [0.717, 1.165) is 52.1 Å². The fourth-order valence-electron chi connectivity index (χ4n) is 1.67. The highest BCUT2D eigenvalue weighted by atomic mass is 16.2. The van der Waals surface area contributed by atoms with Crippen molar-refractivity contribution in [2.75, 3.05) is 59.9 Å². The molecule has 5 N–H and O–H groups in total. The third-order valence-electron chi connectivity index (χ3n) is 3.00. The van der Waals surface area contributed by atoms with Crippen molar-refractivity contribution in [3.05, 3.63) is 0 Å². The molecule has 0 aromatic heterocycles. The molecule has 0 aliphatic carbocycles. The van der Waals surface area contributed by atoms with E-state index in [-0.39, 0.29) is 5.91 Å². The molecular formula is C16H39N5O. The second-order valence-corrected chi connectivity index (χ2v) is 5.17. The van der Waals surface area contributed by atoms with Crippen molar-refractivity contribution in [3.8, 4) is 0 Å². The first kappa shape index (κ1) is 23.6. The van der Waals surface area contributed by atoms with Gasteiger partial charge in [-0.05, 0) is 65.0 Å². The van der Waals surface area contributed by atoms with Crippen molar-refractivity contribution >= 4 is 5.91 Å².